The van der Waals surface area contributed by atoms with Crippen molar-refractivity contribution in [1.29, 1.82) is 0 Å². The number of rotatable bonds is 7. The number of benzene rings is 2. The zero-order chi connectivity index (χ0) is 20.1. The molecule has 2 atom stereocenters. The van der Waals surface area contributed by atoms with Gasteiger partial charge < -0.3 is 14.9 Å². The third kappa shape index (κ3) is 4.81. The standard InChI is InChI=1S/C24H30O4/c1-16-8-6-7-11-20(16)22-14-18(12-13-21(22)24(26)27)15-28-17(2)23(25)19-9-4-3-5-10-19/h6-8,11-14,17,19,23,25H,3-5,9-10,15H2,1-2H3,(H,26,27). The van der Waals surface area contributed by atoms with E-state index in [1.165, 1.54) is 19.3 Å². The summed E-state index contributed by atoms with van der Waals surface area (Å²) in [4.78, 5) is 11.7. The molecular weight excluding hydrogens is 352 g/mol. The molecule has 3 rings (SSSR count). The normalized spacial score (nSPS) is 17.2. The topological polar surface area (TPSA) is 66.8 Å². The van der Waals surface area contributed by atoms with E-state index in [2.05, 4.69) is 0 Å². The number of aryl methyl sites for hydroxylation is 1. The van der Waals surface area contributed by atoms with E-state index < -0.39 is 12.1 Å². The largest absolute Gasteiger partial charge is 0.478 e. The highest BCUT2D eigenvalue weighted by Crippen LogP contribution is 2.30. The van der Waals surface area contributed by atoms with Crippen molar-refractivity contribution in [3.63, 3.8) is 0 Å². The van der Waals surface area contributed by atoms with Crippen molar-refractivity contribution in [2.75, 3.05) is 0 Å². The Balaban J connectivity index is 1.75. The maximum atomic E-state index is 11.7. The Labute approximate surface area is 167 Å². The molecule has 1 aliphatic rings. The highest BCUT2D eigenvalue weighted by Gasteiger charge is 2.27. The van der Waals surface area contributed by atoms with E-state index in [0.29, 0.717) is 18.1 Å². The predicted octanol–water partition coefficient (Wildman–Crippen LogP) is 5.21. The van der Waals surface area contributed by atoms with Crippen LogP contribution >= 0.6 is 0 Å². The van der Waals surface area contributed by atoms with Crippen LogP contribution in [0.4, 0.5) is 0 Å². The summed E-state index contributed by atoms with van der Waals surface area (Å²) in [6.45, 7) is 4.25. The first kappa shape index (κ1) is 20.6. The average Bonchev–Trinajstić information content (AvgIpc) is 2.72. The van der Waals surface area contributed by atoms with Gasteiger partial charge in [0.1, 0.15) is 0 Å². The molecule has 4 heteroatoms. The molecule has 1 saturated carbocycles. The van der Waals surface area contributed by atoms with E-state index in [1.54, 1.807) is 12.1 Å². The van der Waals surface area contributed by atoms with Crippen LogP contribution in [0.25, 0.3) is 11.1 Å². The van der Waals surface area contributed by atoms with Crippen molar-refractivity contribution >= 4 is 5.97 Å². The lowest BCUT2D eigenvalue weighted by Crippen LogP contribution is -2.34. The summed E-state index contributed by atoms with van der Waals surface area (Å²) >= 11 is 0. The van der Waals surface area contributed by atoms with Crippen LogP contribution in [0.2, 0.25) is 0 Å². The predicted molar refractivity (Wildman–Crippen MR) is 110 cm³/mol. The summed E-state index contributed by atoms with van der Waals surface area (Å²) < 4.78 is 5.97. The number of carbonyl (C=O) groups is 1. The maximum absolute atomic E-state index is 11.7. The first-order valence-electron chi connectivity index (χ1n) is 10.2. The van der Waals surface area contributed by atoms with Gasteiger partial charge >= 0.3 is 5.97 Å². The third-order valence-corrected chi connectivity index (χ3v) is 5.88. The fourth-order valence-corrected chi connectivity index (χ4v) is 4.15. The SMILES string of the molecule is Cc1ccccc1-c1cc(COC(C)C(O)C2CCCCC2)ccc1C(=O)O. The van der Waals surface area contributed by atoms with Gasteiger partial charge in [0.15, 0.2) is 0 Å². The van der Waals surface area contributed by atoms with Gasteiger partial charge in [-0.05, 0) is 67.0 Å². The third-order valence-electron chi connectivity index (χ3n) is 5.88. The minimum atomic E-state index is -0.938. The van der Waals surface area contributed by atoms with E-state index in [0.717, 1.165) is 29.5 Å². The summed E-state index contributed by atoms with van der Waals surface area (Å²) in [5, 5.41) is 20.2. The Morgan fingerprint density at radius 1 is 1.11 bits per heavy atom. The highest BCUT2D eigenvalue weighted by molar-refractivity contribution is 5.96. The molecule has 0 heterocycles. The molecule has 2 N–H and O–H groups in total. The van der Waals surface area contributed by atoms with Gasteiger partial charge in [-0.25, -0.2) is 4.79 Å². The summed E-state index contributed by atoms with van der Waals surface area (Å²) in [5.41, 5.74) is 3.84. The van der Waals surface area contributed by atoms with Gasteiger partial charge in [-0.15, -0.1) is 0 Å². The molecule has 0 radical (unpaired) electrons. The smallest absolute Gasteiger partial charge is 0.336 e. The molecule has 0 aliphatic heterocycles. The monoisotopic (exact) mass is 382 g/mol. The molecule has 2 aromatic carbocycles. The van der Waals surface area contributed by atoms with Gasteiger partial charge in [-0.3, -0.25) is 0 Å². The zero-order valence-electron chi connectivity index (χ0n) is 16.7. The van der Waals surface area contributed by atoms with Crippen LogP contribution in [0.1, 0.15) is 60.5 Å². The first-order valence-corrected chi connectivity index (χ1v) is 10.2. The van der Waals surface area contributed by atoms with Crippen LogP contribution in [-0.4, -0.2) is 28.4 Å². The molecule has 0 aromatic heterocycles. The molecule has 1 aliphatic carbocycles. The lowest BCUT2D eigenvalue weighted by atomic mass is 9.83. The van der Waals surface area contributed by atoms with Crippen molar-refractivity contribution in [3.8, 4) is 11.1 Å². The molecule has 0 saturated heterocycles. The Morgan fingerprint density at radius 2 is 1.82 bits per heavy atom. The number of aliphatic hydroxyl groups excluding tert-OH is 1. The Morgan fingerprint density at radius 3 is 2.50 bits per heavy atom. The number of ether oxygens (including phenoxy) is 1. The van der Waals surface area contributed by atoms with E-state index in [1.807, 2.05) is 44.2 Å². The van der Waals surface area contributed by atoms with Gasteiger partial charge in [0.2, 0.25) is 0 Å². The molecule has 2 aromatic rings. The molecular formula is C24H30O4. The molecule has 150 valence electrons. The van der Waals surface area contributed by atoms with E-state index in [4.69, 9.17) is 4.74 Å². The van der Waals surface area contributed by atoms with Crippen molar-refractivity contribution in [3.05, 3.63) is 59.2 Å². The number of aliphatic hydroxyl groups is 1. The molecule has 0 bridgehead atoms. The number of carboxylic acids is 1. The maximum Gasteiger partial charge on any atom is 0.336 e. The van der Waals surface area contributed by atoms with E-state index in [9.17, 15) is 15.0 Å². The van der Waals surface area contributed by atoms with Crippen LogP contribution in [-0.2, 0) is 11.3 Å². The van der Waals surface area contributed by atoms with E-state index >= 15 is 0 Å². The van der Waals surface area contributed by atoms with Gasteiger partial charge in [-0.1, -0.05) is 49.6 Å². The fourth-order valence-electron chi connectivity index (χ4n) is 4.15. The van der Waals surface area contributed by atoms with Gasteiger partial charge in [0.25, 0.3) is 0 Å². The van der Waals surface area contributed by atoms with Crippen molar-refractivity contribution < 1.29 is 19.7 Å². The molecule has 0 amide bonds. The highest BCUT2D eigenvalue weighted by atomic mass is 16.5. The van der Waals surface area contributed by atoms with Crippen LogP contribution in [0, 0.1) is 12.8 Å². The van der Waals surface area contributed by atoms with Crippen molar-refractivity contribution in [2.24, 2.45) is 5.92 Å². The van der Waals surface area contributed by atoms with Gasteiger partial charge in [0, 0.05) is 0 Å². The second-order valence-electron chi connectivity index (χ2n) is 7.90. The average molecular weight is 383 g/mol. The van der Waals surface area contributed by atoms with Gasteiger partial charge in [0.05, 0.1) is 24.4 Å². The zero-order valence-corrected chi connectivity index (χ0v) is 16.7. The lowest BCUT2D eigenvalue weighted by Gasteiger charge is -2.30. The number of hydrogen-bond donors (Lipinski definition) is 2. The Hall–Kier alpha value is -2.17. The number of carboxylic acid groups (broad SMARTS) is 1. The van der Waals surface area contributed by atoms with Crippen LogP contribution in [0.5, 0.6) is 0 Å². The summed E-state index contributed by atoms with van der Waals surface area (Å²) in [6.07, 6.45) is 5.07. The molecule has 2 unspecified atom stereocenters. The first-order chi connectivity index (χ1) is 13.5. The molecule has 4 nitrogen and oxygen atoms in total. The van der Waals surface area contributed by atoms with Crippen molar-refractivity contribution in [2.45, 2.75) is 64.8 Å². The lowest BCUT2D eigenvalue weighted by molar-refractivity contribution is -0.0658. The van der Waals surface area contributed by atoms with Crippen LogP contribution < -0.4 is 0 Å². The number of hydrogen-bond acceptors (Lipinski definition) is 3. The molecule has 1 fully saturated rings. The second-order valence-corrected chi connectivity index (χ2v) is 7.90. The van der Waals surface area contributed by atoms with E-state index in [-0.39, 0.29) is 11.7 Å². The minimum absolute atomic E-state index is 0.246. The summed E-state index contributed by atoms with van der Waals surface area (Å²) in [7, 11) is 0. The minimum Gasteiger partial charge on any atom is -0.478 e. The quantitative estimate of drug-likeness (QED) is 0.690. The Kier molecular flexibility index (Phi) is 6.87. The van der Waals surface area contributed by atoms with Crippen molar-refractivity contribution in [1.82, 2.24) is 0 Å². The second kappa shape index (κ2) is 9.35. The van der Waals surface area contributed by atoms with Gasteiger partial charge in [-0.2, -0.15) is 0 Å². The summed E-state index contributed by atoms with van der Waals surface area (Å²) in [6, 6.07) is 13.1. The summed E-state index contributed by atoms with van der Waals surface area (Å²) in [5.74, 6) is -0.618. The fraction of sp³-hybridized carbons (Fsp3) is 0.458. The number of aromatic carboxylic acids is 1. The molecule has 28 heavy (non-hydrogen) atoms. The van der Waals surface area contributed by atoms with Crippen LogP contribution in [0.3, 0.4) is 0 Å². The Bertz CT molecular complexity index is 808. The van der Waals surface area contributed by atoms with Crippen LogP contribution in [0.15, 0.2) is 42.5 Å². The molecule has 0 spiro atoms.